The van der Waals surface area contributed by atoms with Crippen LogP contribution in [0.5, 0.6) is 0 Å². The van der Waals surface area contributed by atoms with E-state index in [1.807, 2.05) is 0 Å². The molecule has 0 aromatic heterocycles. The normalized spacial score (nSPS) is 11.4. The van der Waals surface area contributed by atoms with Gasteiger partial charge in [0.1, 0.15) is 9.84 Å². The van der Waals surface area contributed by atoms with E-state index in [1.54, 1.807) is 0 Å². The summed E-state index contributed by atoms with van der Waals surface area (Å²) in [7, 11) is -2.89. The Kier molecular flexibility index (Phi) is 5.32. The highest BCUT2D eigenvalue weighted by Gasteiger charge is 2.02. The van der Waals surface area contributed by atoms with Crippen LogP contribution in [0, 0.1) is 0 Å². The Morgan fingerprint density at radius 1 is 1.42 bits per heavy atom. The van der Waals surface area contributed by atoms with Crippen molar-refractivity contribution in [2.75, 3.05) is 23.5 Å². The summed E-state index contributed by atoms with van der Waals surface area (Å²) in [6, 6.07) is 0. The highest BCUT2D eigenvalue weighted by molar-refractivity contribution is 8.00. The highest BCUT2D eigenvalue weighted by Crippen LogP contribution is 2.03. The van der Waals surface area contributed by atoms with Crippen LogP contribution in [0.3, 0.4) is 0 Å². The molecule has 0 atom stereocenters. The maximum atomic E-state index is 10.6. The van der Waals surface area contributed by atoms with E-state index in [0.29, 0.717) is 11.5 Å². The summed E-state index contributed by atoms with van der Waals surface area (Å²) in [5.41, 5.74) is 0. The SMILES string of the molecule is CS(=O)(=O)CCSCCC(=O)O. The van der Waals surface area contributed by atoms with E-state index in [9.17, 15) is 13.2 Å². The lowest BCUT2D eigenvalue weighted by molar-refractivity contribution is -0.136. The van der Waals surface area contributed by atoms with Gasteiger partial charge in [0.15, 0.2) is 0 Å². The molecule has 0 saturated heterocycles. The monoisotopic (exact) mass is 212 g/mol. The van der Waals surface area contributed by atoms with Crippen LogP contribution in [0.4, 0.5) is 0 Å². The van der Waals surface area contributed by atoms with Gasteiger partial charge in [-0.3, -0.25) is 4.79 Å². The van der Waals surface area contributed by atoms with Gasteiger partial charge in [0.25, 0.3) is 0 Å². The molecule has 0 radical (unpaired) electrons. The van der Waals surface area contributed by atoms with E-state index < -0.39 is 15.8 Å². The maximum absolute atomic E-state index is 10.6. The van der Waals surface area contributed by atoms with Crippen molar-refractivity contribution in [2.45, 2.75) is 6.42 Å². The van der Waals surface area contributed by atoms with Crippen molar-refractivity contribution in [2.24, 2.45) is 0 Å². The topological polar surface area (TPSA) is 71.4 Å². The second-order valence-corrected chi connectivity index (χ2v) is 5.87. The van der Waals surface area contributed by atoms with Crippen molar-refractivity contribution in [3.63, 3.8) is 0 Å². The Morgan fingerprint density at radius 2 is 2.00 bits per heavy atom. The molecule has 0 aliphatic heterocycles. The predicted molar refractivity (Wildman–Crippen MR) is 49.3 cm³/mol. The van der Waals surface area contributed by atoms with Gasteiger partial charge in [-0.05, 0) is 0 Å². The van der Waals surface area contributed by atoms with Gasteiger partial charge in [0.2, 0.25) is 0 Å². The Balaban J connectivity index is 3.29. The first-order valence-corrected chi connectivity index (χ1v) is 6.60. The molecule has 0 aromatic rings. The van der Waals surface area contributed by atoms with Crippen molar-refractivity contribution in [3.05, 3.63) is 0 Å². The molecule has 12 heavy (non-hydrogen) atoms. The van der Waals surface area contributed by atoms with Crippen molar-refractivity contribution in [1.82, 2.24) is 0 Å². The molecule has 0 aliphatic rings. The Labute approximate surface area is 76.3 Å². The Bertz CT molecular complexity index is 232. The number of aliphatic carboxylic acids is 1. The first kappa shape index (κ1) is 11.8. The third-order valence-corrected chi connectivity index (χ3v) is 3.25. The molecule has 0 aliphatic carbocycles. The lowest BCUT2D eigenvalue weighted by Gasteiger charge is -1.97. The fourth-order valence-electron chi connectivity index (χ4n) is 0.472. The number of hydrogen-bond acceptors (Lipinski definition) is 4. The van der Waals surface area contributed by atoms with E-state index in [-0.39, 0.29) is 12.2 Å². The first-order chi connectivity index (χ1) is 5.42. The summed E-state index contributed by atoms with van der Waals surface area (Å²) in [6.45, 7) is 0. The highest BCUT2D eigenvalue weighted by atomic mass is 32.2. The summed E-state index contributed by atoms with van der Waals surface area (Å²) in [4.78, 5) is 10.0. The van der Waals surface area contributed by atoms with Crippen LogP contribution in [0.15, 0.2) is 0 Å². The molecule has 0 unspecified atom stereocenters. The standard InChI is InChI=1S/C6H12O4S2/c1-12(9,10)5-4-11-3-2-6(7)8/h2-5H2,1H3,(H,7,8). The van der Waals surface area contributed by atoms with Crippen molar-refractivity contribution >= 4 is 27.6 Å². The zero-order chi connectivity index (χ0) is 9.61. The van der Waals surface area contributed by atoms with Crippen molar-refractivity contribution in [1.29, 1.82) is 0 Å². The van der Waals surface area contributed by atoms with Gasteiger partial charge in [-0.2, -0.15) is 11.8 Å². The summed E-state index contributed by atoms with van der Waals surface area (Å²) in [5, 5.41) is 8.24. The predicted octanol–water partition coefficient (Wildman–Crippen LogP) is 0.239. The zero-order valence-corrected chi connectivity index (χ0v) is 8.45. The third kappa shape index (κ3) is 9.77. The number of carboxylic acid groups (broad SMARTS) is 1. The summed E-state index contributed by atoms with van der Waals surface area (Å²) in [5.74, 6) is 0.232. The number of carboxylic acids is 1. The molecule has 72 valence electrons. The minimum atomic E-state index is -2.89. The minimum Gasteiger partial charge on any atom is -0.481 e. The smallest absolute Gasteiger partial charge is 0.304 e. The third-order valence-electron chi connectivity index (χ3n) is 1.06. The summed E-state index contributed by atoms with van der Waals surface area (Å²) >= 11 is 1.35. The van der Waals surface area contributed by atoms with Crippen LogP contribution >= 0.6 is 11.8 Å². The molecule has 1 N–H and O–H groups in total. The molecule has 0 saturated carbocycles. The van der Waals surface area contributed by atoms with Gasteiger partial charge in [-0.1, -0.05) is 0 Å². The van der Waals surface area contributed by atoms with E-state index >= 15 is 0 Å². The van der Waals surface area contributed by atoms with Crippen LogP contribution in [0.1, 0.15) is 6.42 Å². The van der Waals surface area contributed by atoms with Gasteiger partial charge < -0.3 is 5.11 Å². The minimum absolute atomic E-state index is 0.0917. The second kappa shape index (κ2) is 5.42. The summed E-state index contributed by atoms with van der Waals surface area (Å²) in [6.07, 6.45) is 1.26. The fraction of sp³-hybridized carbons (Fsp3) is 0.833. The van der Waals surface area contributed by atoms with E-state index in [0.717, 1.165) is 0 Å². The number of sulfone groups is 1. The molecular weight excluding hydrogens is 200 g/mol. The maximum Gasteiger partial charge on any atom is 0.304 e. The molecule has 4 nitrogen and oxygen atoms in total. The number of carbonyl (C=O) groups is 1. The Morgan fingerprint density at radius 3 is 2.42 bits per heavy atom. The lowest BCUT2D eigenvalue weighted by atomic mass is 10.5. The number of rotatable bonds is 6. The number of hydrogen-bond donors (Lipinski definition) is 1. The van der Waals surface area contributed by atoms with Crippen molar-refractivity contribution in [3.8, 4) is 0 Å². The molecule has 6 heteroatoms. The van der Waals surface area contributed by atoms with Crippen LogP contribution in [0.2, 0.25) is 0 Å². The second-order valence-electron chi connectivity index (χ2n) is 2.39. The van der Waals surface area contributed by atoms with Gasteiger partial charge >= 0.3 is 5.97 Å². The van der Waals surface area contributed by atoms with Crippen LogP contribution in [-0.4, -0.2) is 43.0 Å². The largest absolute Gasteiger partial charge is 0.481 e. The van der Waals surface area contributed by atoms with Gasteiger partial charge in [-0.15, -0.1) is 0 Å². The average molecular weight is 212 g/mol. The van der Waals surface area contributed by atoms with E-state index in [1.165, 1.54) is 18.0 Å². The molecule has 0 amide bonds. The average Bonchev–Trinajstić information content (AvgIpc) is 1.83. The molecule has 0 fully saturated rings. The quantitative estimate of drug-likeness (QED) is 0.638. The molecule has 0 aromatic carbocycles. The van der Waals surface area contributed by atoms with Crippen LogP contribution in [0.25, 0.3) is 0 Å². The molecule has 0 heterocycles. The molecular formula is C6H12O4S2. The molecule has 0 bridgehead atoms. The van der Waals surface area contributed by atoms with Gasteiger partial charge in [0, 0.05) is 17.8 Å². The van der Waals surface area contributed by atoms with E-state index in [4.69, 9.17) is 5.11 Å². The Hall–Kier alpha value is -0.230. The van der Waals surface area contributed by atoms with Crippen molar-refractivity contribution < 1.29 is 18.3 Å². The molecule has 0 rings (SSSR count). The number of thioether (sulfide) groups is 1. The molecule has 0 spiro atoms. The van der Waals surface area contributed by atoms with Gasteiger partial charge in [-0.25, -0.2) is 8.42 Å². The summed E-state index contributed by atoms with van der Waals surface area (Å²) < 4.78 is 21.2. The van der Waals surface area contributed by atoms with Crippen LogP contribution < -0.4 is 0 Å². The van der Waals surface area contributed by atoms with Crippen LogP contribution in [-0.2, 0) is 14.6 Å². The van der Waals surface area contributed by atoms with E-state index in [2.05, 4.69) is 0 Å². The van der Waals surface area contributed by atoms with Gasteiger partial charge in [0.05, 0.1) is 12.2 Å². The first-order valence-electron chi connectivity index (χ1n) is 3.39. The lowest BCUT2D eigenvalue weighted by Crippen LogP contribution is -2.06. The fourth-order valence-corrected chi connectivity index (χ4v) is 2.68. The zero-order valence-electron chi connectivity index (χ0n) is 6.82.